The molecule has 3 N–H and O–H groups in total. The number of rotatable bonds is 4. The molecule has 1 heterocycles. The van der Waals surface area contributed by atoms with Crippen LogP contribution >= 0.6 is 23.2 Å². The Morgan fingerprint density at radius 1 is 1.20 bits per heavy atom. The number of aromatic nitrogens is 3. The Morgan fingerprint density at radius 3 is 2.45 bits per heavy atom. The van der Waals surface area contributed by atoms with E-state index in [0.717, 1.165) is 0 Å². The van der Waals surface area contributed by atoms with Crippen molar-refractivity contribution in [3.05, 3.63) is 47.0 Å². The van der Waals surface area contributed by atoms with Crippen molar-refractivity contribution in [2.45, 2.75) is 0 Å². The zero-order chi connectivity index (χ0) is 14.7. The highest BCUT2D eigenvalue weighted by atomic mass is 35.5. The van der Waals surface area contributed by atoms with Crippen LogP contribution in [-0.2, 0) is 4.79 Å². The second kappa shape index (κ2) is 5.85. The summed E-state index contributed by atoms with van der Waals surface area (Å²) in [6, 6.07) is 6.88. The number of carbonyl (C=O) groups is 1. The summed E-state index contributed by atoms with van der Waals surface area (Å²) >= 11 is 11.4. The lowest BCUT2D eigenvalue weighted by molar-refractivity contribution is -0.112. The topological polar surface area (TPSA) is 93.8 Å². The molecule has 0 spiro atoms. The fourth-order valence-corrected chi connectivity index (χ4v) is 1.80. The van der Waals surface area contributed by atoms with Gasteiger partial charge in [0.1, 0.15) is 0 Å². The van der Waals surface area contributed by atoms with Gasteiger partial charge in [-0.15, -0.1) is 0 Å². The van der Waals surface area contributed by atoms with Gasteiger partial charge in [0.15, 0.2) is 0 Å². The number of carbonyl (C=O) groups excluding carboxylic acids is 1. The average molecular weight is 310 g/mol. The van der Waals surface area contributed by atoms with Gasteiger partial charge in [0, 0.05) is 11.3 Å². The number of nitrogens with zero attached hydrogens (tertiary/aromatic N) is 3. The van der Waals surface area contributed by atoms with Crippen LogP contribution in [0.1, 0.15) is 5.56 Å². The normalized spacial score (nSPS) is 10.1. The molecule has 0 aliphatic carbocycles. The van der Waals surface area contributed by atoms with Crippen molar-refractivity contribution >= 4 is 46.3 Å². The molecular weight excluding hydrogens is 301 g/mol. The van der Waals surface area contributed by atoms with Gasteiger partial charge in [0.05, 0.1) is 0 Å². The molecule has 102 valence electrons. The summed E-state index contributed by atoms with van der Waals surface area (Å²) < 4.78 is 0. The maximum absolute atomic E-state index is 11.1. The average Bonchev–Trinajstić information content (AvgIpc) is 2.36. The third-order valence-electron chi connectivity index (χ3n) is 2.35. The number of nitrogens with one attached hydrogen (secondary N) is 1. The Kier molecular flexibility index (Phi) is 4.16. The van der Waals surface area contributed by atoms with E-state index in [1.807, 2.05) is 0 Å². The highest BCUT2D eigenvalue weighted by molar-refractivity contribution is 6.31. The lowest BCUT2D eigenvalue weighted by Gasteiger charge is -2.07. The lowest BCUT2D eigenvalue weighted by atomic mass is 10.1. The predicted molar refractivity (Wildman–Crippen MR) is 77.8 cm³/mol. The number of hydrogen-bond donors (Lipinski definition) is 2. The van der Waals surface area contributed by atoms with Crippen LogP contribution in [0.25, 0.3) is 5.57 Å². The highest BCUT2D eigenvalue weighted by Gasteiger charge is 2.07. The maximum atomic E-state index is 11.1. The molecule has 1 aromatic heterocycles. The molecular formula is C12H9Cl2N5O. The first-order valence-corrected chi connectivity index (χ1v) is 6.14. The van der Waals surface area contributed by atoms with E-state index in [0.29, 0.717) is 11.3 Å². The molecule has 2 aromatic rings. The first kappa shape index (κ1) is 14.2. The quantitative estimate of drug-likeness (QED) is 0.846. The fourth-order valence-electron chi connectivity index (χ4n) is 1.44. The van der Waals surface area contributed by atoms with Crippen molar-refractivity contribution in [3.8, 4) is 0 Å². The van der Waals surface area contributed by atoms with Crippen molar-refractivity contribution in [2.75, 3.05) is 5.32 Å². The third-order valence-corrected chi connectivity index (χ3v) is 2.68. The van der Waals surface area contributed by atoms with E-state index in [1.54, 1.807) is 24.3 Å². The van der Waals surface area contributed by atoms with Crippen molar-refractivity contribution in [1.82, 2.24) is 15.0 Å². The van der Waals surface area contributed by atoms with Crippen molar-refractivity contribution in [1.29, 1.82) is 0 Å². The Bertz CT molecular complexity index is 669. The molecule has 6 nitrogen and oxygen atoms in total. The molecule has 0 aliphatic rings. The lowest BCUT2D eigenvalue weighted by Crippen LogP contribution is -2.12. The van der Waals surface area contributed by atoms with Gasteiger partial charge in [-0.05, 0) is 40.9 Å². The first-order valence-electron chi connectivity index (χ1n) is 5.39. The highest BCUT2D eigenvalue weighted by Crippen LogP contribution is 2.20. The molecule has 0 atom stereocenters. The van der Waals surface area contributed by atoms with Crippen LogP contribution < -0.4 is 11.1 Å². The second-order valence-electron chi connectivity index (χ2n) is 3.75. The van der Waals surface area contributed by atoms with E-state index < -0.39 is 5.91 Å². The van der Waals surface area contributed by atoms with Gasteiger partial charge >= 0.3 is 0 Å². The fraction of sp³-hybridized carbons (Fsp3) is 0. The number of primary amides is 1. The van der Waals surface area contributed by atoms with Crippen LogP contribution in [0.2, 0.25) is 10.6 Å². The number of benzene rings is 1. The van der Waals surface area contributed by atoms with E-state index in [4.69, 9.17) is 28.9 Å². The summed E-state index contributed by atoms with van der Waals surface area (Å²) in [7, 11) is 0. The molecule has 1 amide bonds. The smallest absolute Gasteiger partial charge is 0.248 e. The number of halogens is 2. The minimum atomic E-state index is -0.589. The van der Waals surface area contributed by atoms with Crippen molar-refractivity contribution in [2.24, 2.45) is 5.73 Å². The zero-order valence-electron chi connectivity index (χ0n) is 10.1. The molecule has 1 aromatic carbocycles. The van der Waals surface area contributed by atoms with Crippen molar-refractivity contribution < 1.29 is 4.79 Å². The van der Waals surface area contributed by atoms with Crippen LogP contribution in [-0.4, -0.2) is 20.9 Å². The van der Waals surface area contributed by atoms with Gasteiger partial charge in [0.2, 0.25) is 22.4 Å². The largest absolute Gasteiger partial charge is 0.366 e. The van der Waals surface area contributed by atoms with E-state index in [1.165, 1.54) is 0 Å². The summed E-state index contributed by atoms with van der Waals surface area (Å²) in [4.78, 5) is 22.5. The Morgan fingerprint density at radius 2 is 1.85 bits per heavy atom. The molecule has 0 fully saturated rings. The van der Waals surface area contributed by atoms with Crippen LogP contribution in [0, 0.1) is 0 Å². The van der Waals surface area contributed by atoms with E-state index in [9.17, 15) is 4.79 Å². The van der Waals surface area contributed by atoms with Gasteiger partial charge in [-0.2, -0.15) is 15.0 Å². The summed E-state index contributed by atoms with van der Waals surface area (Å²) in [6.45, 7) is 3.62. The number of hydrogen-bond acceptors (Lipinski definition) is 5. The second-order valence-corrected chi connectivity index (χ2v) is 4.42. The maximum Gasteiger partial charge on any atom is 0.248 e. The van der Waals surface area contributed by atoms with Gasteiger partial charge in [-0.25, -0.2) is 0 Å². The Balaban J connectivity index is 2.28. The van der Waals surface area contributed by atoms with E-state index in [-0.39, 0.29) is 22.1 Å². The van der Waals surface area contributed by atoms with E-state index >= 15 is 0 Å². The molecule has 20 heavy (non-hydrogen) atoms. The molecule has 0 saturated carbocycles. The predicted octanol–water partition coefficient (Wildman–Crippen LogP) is 2.42. The Labute approximate surface area is 124 Å². The minimum Gasteiger partial charge on any atom is -0.366 e. The summed E-state index contributed by atoms with van der Waals surface area (Å²) in [5.41, 5.74) is 6.61. The SMILES string of the molecule is C=C(C(N)=O)c1cccc(Nc2nc(Cl)nc(Cl)n2)c1. The van der Waals surface area contributed by atoms with Gasteiger partial charge in [-0.3, -0.25) is 4.79 Å². The first-order chi connectivity index (χ1) is 9.45. The molecule has 0 aliphatic heterocycles. The van der Waals surface area contributed by atoms with E-state index in [2.05, 4.69) is 26.8 Å². The molecule has 8 heteroatoms. The van der Waals surface area contributed by atoms with Crippen LogP contribution in [0.5, 0.6) is 0 Å². The van der Waals surface area contributed by atoms with Crippen LogP contribution in [0.3, 0.4) is 0 Å². The van der Waals surface area contributed by atoms with Crippen LogP contribution in [0.15, 0.2) is 30.8 Å². The number of anilines is 2. The minimum absolute atomic E-state index is 0.0230. The van der Waals surface area contributed by atoms with Crippen molar-refractivity contribution in [3.63, 3.8) is 0 Å². The summed E-state index contributed by atoms with van der Waals surface area (Å²) in [6.07, 6.45) is 0. The van der Waals surface area contributed by atoms with Crippen LogP contribution in [0.4, 0.5) is 11.6 Å². The summed E-state index contributed by atoms with van der Waals surface area (Å²) in [5.74, 6) is -0.398. The molecule has 0 radical (unpaired) electrons. The molecule has 0 unspecified atom stereocenters. The molecule has 2 rings (SSSR count). The third kappa shape index (κ3) is 3.43. The van der Waals surface area contributed by atoms with Gasteiger partial charge in [-0.1, -0.05) is 18.7 Å². The number of nitrogens with two attached hydrogens (primary N) is 1. The van der Waals surface area contributed by atoms with Gasteiger partial charge in [0.25, 0.3) is 0 Å². The zero-order valence-corrected chi connectivity index (χ0v) is 11.6. The summed E-state index contributed by atoms with van der Waals surface area (Å²) in [5, 5.41) is 2.85. The standard InChI is InChI=1S/C12H9Cl2N5O/c1-6(9(15)20)7-3-2-4-8(5-7)16-12-18-10(13)17-11(14)19-12/h2-5H,1H2,(H2,15,20)(H,16,17,18,19). The number of amides is 1. The Hall–Kier alpha value is -2.18. The molecule has 0 saturated heterocycles. The van der Waals surface area contributed by atoms with Gasteiger partial charge < -0.3 is 11.1 Å². The molecule has 0 bridgehead atoms. The monoisotopic (exact) mass is 309 g/mol.